The minimum Gasteiger partial charge on any atom is -0.469 e. The van der Waals surface area contributed by atoms with Crippen LogP contribution in [0, 0.1) is 5.92 Å². The maximum absolute atomic E-state index is 11.4. The van der Waals surface area contributed by atoms with Crippen LogP contribution < -0.4 is 5.73 Å². The van der Waals surface area contributed by atoms with E-state index in [9.17, 15) is 4.79 Å². The van der Waals surface area contributed by atoms with Gasteiger partial charge < -0.3 is 10.5 Å². The topological polar surface area (TPSA) is 55.6 Å². The van der Waals surface area contributed by atoms with Crippen molar-refractivity contribution >= 4 is 5.97 Å². The fourth-order valence-electron chi connectivity index (χ4n) is 2.03. The van der Waals surface area contributed by atoms with E-state index in [-0.39, 0.29) is 17.9 Å². The van der Waals surface area contributed by atoms with Crippen molar-refractivity contribution in [3.63, 3.8) is 0 Å². The molecular formula is C11H22N2O2. The standard InChI is InChI=1S/C11H22N2O2/c1-8(11(14)15-3)9(2)13-6-4-10(12)5-7-13/h8-10H,4-7,12H2,1-3H3. The molecule has 0 aliphatic carbocycles. The molecule has 0 aromatic carbocycles. The molecule has 0 radical (unpaired) electrons. The summed E-state index contributed by atoms with van der Waals surface area (Å²) in [7, 11) is 1.44. The lowest BCUT2D eigenvalue weighted by Gasteiger charge is -2.36. The molecule has 4 nitrogen and oxygen atoms in total. The van der Waals surface area contributed by atoms with Gasteiger partial charge in [-0.1, -0.05) is 6.92 Å². The number of carbonyl (C=O) groups is 1. The summed E-state index contributed by atoms with van der Waals surface area (Å²) >= 11 is 0. The Morgan fingerprint density at radius 3 is 2.40 bits per heavy atom. The zero-order valence-corrected chi connectivity index (χ0v) is 9.90. The largest absolute Gasteiger partial charge is 0.469 e. The van der Waals surface area contributed by atoms with Gasteiger partial charge in [0.1, 0.15) is 0 Å². The summed E-state index contributed by atoms with van der Waals surface area (Å²) < 4.78 is 4.75. The van der Waals surface area contributed by atoms with Crippen molar-refractivity contribution in [3.05, 3.63) is 0 Å². The zero-order valence-electron chi connectivity index (χ0n) is 9.90. The van der Waals surface area contributed by atoms with Crippen LogP contribution in [0.2, 0.25) is 0 Å². The quantitative estimate of drug-likeness (QED) is 0.699. The van der Waals surface area contributed by atoms with Gasteiger partial charge in [-0.3, -0.25) is 9.69 Å². The van der Waals surface area contributed by atoms with Gasteiger partial charge in [0.25, 0.3) is 0 Å². The average Bonchev–Trinajstić information content (AvgIpc) is 2.27. The van der Waals surface area contributed by atoms with Gasteiger partial charge in [0, 0.05) is 12.1 Å². The van der Waals surface area contributed by atoms with Gasteiger partial charge in [0.2, 0.25) is 0 Å². The predicted octanol–water partition coefficient (Wildman–Crippen LogP) is 0.607. The Morgan fingerprint density at radius 1 is 1.40 bits per heavy atom. The second-order valence-electron chi connectivity index (χ2n) is 4.43. The Balaban J connectivity index is 2.45. The number of hydrogen-bond donors (Lipinski definition) is 1. The highest BCUT2D eigenvalue weighted by atomic mass is 16.5. The van der Waals surface area contributed by atoms with Crippen LogP contribution >= 0.6 is 0 Å². The summed E-state index contributed by atoms with van der Waals surface area (Å²) in [6.07, 6.45) is 2.05. The third-order valence-corrected chi connectivity index (χ3v) is 3.45. The lowest BCUT2D eigenvalue weighted by Crippen LogP contribution is -2.47. The van der Waals surface area contributed by atoms with Gasteiger partial charge >= 0.3 is 5.97 Å². The number of likely N-dealkylation sites (tertiary alicyclic amines) is 1. The van der Waals surface area contributed by atoms with Crippen LogP contribution in [-0.4, -0.2) is 43.2 Å². The van der Waals surface area contributed by atoms with Gasteiger partial charge in [-0.25, -0.2) is 0 Å². The number of ether oxygens (including phenoxy) is 1. The summed E-state index contributed by atoms with van der Waals surface area (Å²) in [4.78, 5) is 13.7. The molecule has 0 spiro atoms. The highest BCUT2D eigenvalue weighted by Crippen LogP contribution is 2.17. The Morgan fingerprint density at radius 2 is 1.93 bits per heavy atom. The van der Waals surface area contributed by atoms with Crippen LogP contribution in [0.3, 0.4) is 0 Å². The van der Waals surface area contributed by atoms with Crippen LogP contribution in [-0.2, 0) is 9.53 Å². The van der Waals surface area contributed by atoms with Crippen molar-refractivity contribution in [2.75, 3.05) is 20.2 Å². The number of methoxy groups -OCH3 is 1. The van der Waals surface area contributed by atoms with E-state index in [1.165, 1.54) is 7.11 Å². The van der Waals surface area contributed by atoms with Gasteiger partial charge in [-0.05, 0) is 32.9 Å². The lowest BCUT2D eigenvalue weighted by atomic mass is 9.98. The van der Waals surface area contributed by atoms with Crippen LogP contribution in [0.1, 0.15) is 26.7 Å². The van der Waals surface area contributed by atoms with E-state index in [1.807, 2.05) is 6.92 Å². The molecule has 1 rings (SSSR count). The maximum atomic E-state index is 11.4. The molecule has 0 amide bonds. The molecule has 1 aliphatic heterocycles. The smallest absolute Gasteiger partial charge is 0.309 e. The molecule has 2 unspecified atom stereocenters. The van der Waals surface area contributed by atoms with Crippen LogP contribution in [0.25, 0.3) is 0 Å². The normalized spacial score (nSPS) is 23.5. The van der Waals surface area contributed by atoms with Gasteiger partial charge in [-0.2, -0.15) is 0 Å². The summed E-state index contributed by atoms with van der Waals surface area (Å²) in [5, 5.41) is 0. The number of rotatable bonds is 3. The summed E-state index contributed by atoms with van der Waals surface area (Å²) in [5.74, 6) is -0.193. The molecule has 2 N–H and O–H groups in total. The number of esters is 1. The van der Waals surface area contributed by atoms with Crippen molar-refractivity contribution in [1.29, 1.82) is 0 Å². The second kappa shape index (κ2) is 5.47. The Kier molecular flexibility index (Phi) is 4.54. The maximum Gasteiger partial charge on any atom is 0.309 e. The predicted molar refractivity (Wildman–Crippen MR) is 59.4 cm³/mol. The third kappa shape index (κ3) is 3.18. The average molecular weight is 214 g/mol. The van der Waals surface area contributed by atoms with Crippen LogP contribution in [0.4, 0.5) is 0 Å². The Labute approximate surface area is 91.8 Å². The number of piperidine rings is 1. The number of nitrogens with zero attached hydrogens (tertiary/aromatic N) is 1. The van der Waals surface area contributed by atoms with E-state index in [4.69, 9.17) is 10.5 Å². The van der Waals surface area contributed by atoms with Crippen molar-refractivity contribution in [2.45, 2.75) is 38.8 Å². The molecule has 1 heterocycles. The lowest BCUT2D eigenvalue weighted by molar-refractivity contribution is -0.147. The highest BCUT2D eigenvalue weighted by Gasteiger charge is 2.28. The number of nitrogens with two attached hydrogens (primary N) is 1. The van der Waals surface area contributed by atoms with E-state index in [0.717, 1.165) is 25.9 Å². The molecule has 0 bridgehead atoms. The van der Waals surface area contributed by atoms with E-state index in [2.05, 4.69) is 11.8 Å². The van der Waals surface area contributed by atoms with E-state index < -0.39 is 0 Å². The summed E-state index contributed by atoms with van der Waals surface area (Å²) in [5.41, 5.74) is 5.84. The van der Waals surface area contributed by atoms with E-state index in [0.29, 0.717) is 6.04 Å². The fourth-order valence-corrected chi connectivity index (χ4v) is 2.03. The zero-order chi connectivity index (χ0) is 11.4. The molecular weight excluding hydrogens is 192 g/mol. The van der Waals surface area contributed by atoms with Gasteiger partial charge in [0.05, 0.1) is 13.0 Å². The second-order valence-corrected chi connectivity index (χ2v) is 4.43. The minimum atomic E-state index is -0.127. The molecule has 15 heavy (non-hydrogen) atoms. The summed E-state index contributed by atoms with van der Waals surface area (Å²) in [6.45, 7) is 5.98. The highest BCUT2D eigenvalue weighted by molar-refractivity contribution is 5.72. The van der Waals surface area contributed by atoms with Crippen molar-refractivity contribution in [1.82, 2.24) is 4.90 Å². The number of carbonyl (C=O) groups excluding carboxylic acids is 1. The molecule has 1 saturated heterocycles. The third-order valence-electron chi connectivity index (χ3n) is 3.45. The van der Waals surface area contributed by atoms with Crippen LogP contribution in [0.5, 0.6) is 0 Å². The Hall–Kier alpha value is -0.610. The first-order chi connectivity index (χ1) is 7.06. The molecule has 88 valence electrons. The Bertz CT molecular complexity index is 213. The summed E-state index contributed by atoms with van der Waals surface area (Å²) in [6, 6.07) is 0.576. The first-order valence-electron chi connectivity index (χ1n) is 5.63. The molecule has 2 atom stereocenters. The molecule has 4 heteroatoms. The van der Waals surface area contributed by atoms with E-state index in [1.54, 1.807) is 0 Å². The minimum absolute atomic E-state index is 0.0654. The van der Waals surface area contributed by atoms with Gasteiger partial charge in [0.15, 0.2) is 0 Å². The van der Waals surface area contributed by atoms with Gasteiger partial charge in [-0.15, -0.1) is 0 Å². The van der Waals surface area contributed by atoms with Crippen LogP contribution in [0.15, 0.2) is 0 Å². The molecule has 0 aromatic rings. The van der Waals surface area contributed by atoms with Crippen molar-refractivity contribution in [3.8, 4) is 0 Å². The molecule has 0 aromatic heterocycles. The molecule has 1 aliphatic rings. The first-order valence-corrected chi connectivity index (χ1v) is 5.63. The fraction of sp³-hybridized carbons (Fsp3) is 0.909. The SMILES string of the molecule is COC(=O)C(C)C(C)N1CCC(N)CC1. The monoisotopic (exact) mass is 214 g/mol. The van der Waals surface area contributed by atoms with E-state index >= 15 is 0 Å². The van der Waals surface area contributed by atoms with Crippen molar-refractivity contribution in [2.24, 2.45) is 11.7 Å². The molecule has 1 fully saturated rings. The number of hydrogen-bond acceptors (Lipinski definition) is 4. The molecule has 0 saturated carbocycles. The van der Waals surface area contributed by atoms with Crippen molar-refractivity contribution < 1.29 is 9.53 Å². The first kappa shape index (κ1) is 12.5.